The summed E-state index contributed by atoms with van der Waals surface area (Å²) in [6, 6.07) is 1.65. The third-order valence-electron chi connectivity index (χ3n) is 3.92. The Kier molecular flexibility index (Phi) is 4.13. The van der Waals surface area contributed by atoms with E-state index in [2.05, 4.69) is 13.8 Å². The molecule has 0 bridgehead atoms. The highest BCUT2D eigenvalue weighted by Crippen LogP contribution is 2.27. The van der Waals surface area contributed by atoms with Crippen LogP contribution in [0.4, 0.5) is 0 Å². The summed E-state index contributed by atoms with van der Waals surface area (Å²) in [5, 5.41) is 0. The fourth-order valence-corrected chi connectivity index (χ4v) is 2.47. The van der Waals surface area contributed by atoms with Crippen LogP contribution in [-0.4, -0.2) is 23.3 Å². The van der Waals surface area contributed by atoms with Crippen LogP contribution in [0.1, 0.15) is 42.1 Å². The van der Waals surface area contributed by atoms with E-state index in [9.17, 15) is 9.59 Å². The van der Waals surface area contributed by atoms with Gasteiger partial charge in [-0.2, -0.15) is 0 Å². The Bertz CT molecular complexity index is 522. The molecule has 0 radical (unpaired) electrons. The van der Waals surface area contributed by atoms with Crippen molar-refractivity contribution in [3.63, 3.8) is 0 Å². The van der Waals surface area contributed by atoms with Gasteiger partial charge < -0.3 is 9.32 Å². The van der Waals surface area contributed by atoms with Crippen molar-refractivity contribution in [3.05, 3.63) is 23.2 Å². The van der Waals surface area contributed by atoms with Crippen LogP contribution in [0, 0.1) is 18.8 Å². The highest BCUT2D eigenvalue weighted by atomic mass is 16.4. The molecular weight excluding hydrogens is 258 g/mol. The first-order valence-corrected chi connectivity index (χ1v) is 6.80. The normalized spacial score (nSPS) is 18.9. The minimum atomic E-state index is -0.466. The van der Waals surface area contributed by atoms with E-state index >= 15 is 0 Å². The van der Waals surface area contributed by atoms with E-state index in [-0.39, 0.29) is 11.7 Å². The highest BCUT2D eigenvalue weighted by molar-refractivity contribution is 5.91. The number of rotatable bonds is 4. The maximum atomic E-state index is 12.0. The molecule has 1 saturated heterocycles. The summed E-state index contributed by atoms with van der Waals surface area (Å²) in [5.74, 6) is 6.49. The molecule has 3 N–H and O–H groups in total. The van der Waals surface area contributed by atoms with Crippen molar-refractivity contribution in [3.8, 4) is 0 Å². The number of likely N-dealkylation sites (tertiary alicyclic amines) is 1. The summed E-state index contributed by atoms with van der Waals surface area (Å²) in [6.45, 7) is 7.29. The zero-order valence-corrected chi connectivity index (χ0v) is 12.1. The number of carbonyl (C=O) groups is 2. The molecule has 1 atom stereocenters. The summed E-state index contributed by atoms with van der Waals surface area (Å²) >= 11 is 0. The lowest BCUT2D eigenvalue weighted by atomic mass is 9.95. The lowest BCUT2D eigenvalue weighted by Crippen LogP contribution is -2.29. The van der Waals surface area contributed by atoms with Gasteiger partial charge in [-0.25, -0.2) is 5.84 Å². The Balaban J connectivity index is 2.09. The number of amides is 2. The molecule has 110 valence electrons. The largest absolute Gasteiger partial charge is 0.456 e. The van der Waals surface area contributed by atoms with Crippen LogP contribution in [0.25, 0.3) is 0 Å². The summed E-state index contributed by atoms with van der Waals surface area (Å²) in [5.41, 5.74) is 2.88. The van der Waals surface area contributed by atoms with Crippen molar-refractivity contribution in [1.29, 1.82) is 0 Å². The van der Waals surface area contributed by atoms with E-state index in [1.54, 1.807) is 13.0 Å². The van der Waals surface area contributed by atoms with Gasteiger partial charge in [0.25, 0.3) is 0 Å². The van der Waals surface area contributed by atoms with Gasteiger partial charge in [0.15, 0.2) is 5.76 Å². The van der Waals surface area contributed by atoms with Gasteiger partial charge in [0.2, 0.25) is 5.91 Å². The number of nitrogen functional groups attached to an aromatic ring is 1. The van der Waals surface area contributed by atoms with Gasteiger partial charge in [0.1, 0.15) is 5.76 Å². The molecule has 1 aliphatic rings. The first-order chi connectivity index (χ1) is 9.42. The zero-order valence-electron chi connectivity index (χ0n) is 12.1. The van der Waals surface area contributed by atoms with E-state index in [0.717, 1.165) is 12.1 Å². The molecule has 1 aromatic heterocycles. The number of carbonyl (C=O) groups excluding carboxylic acids is 2. The molecule has 2 rings (SSSR count). The third-order valence-corrected chi connectivity index (χ3v) is 3.92. The SMILES string of the molecule is Cc1oc(C(=O)NN)cc1CN1CC(C(C)C)CC1=O. The standard InChI is InChI=1S/C14H21N3O3/c1-8(2)10-5-13(18)17(6-10)7-11-4-12(14(19)16-15)20-9(11)3/h4,8,10H,5-7,15H2,1-3H3,(H,16,19). The average Bonchev–Trinajstić information content (AvgIpc) is 2.94. The van der Waals surface area contributed by atoms with E-state index in [1.165, 1.54) is 0 Å². The second kappa shape index (κ2) is 5.66. The molecule has 1 aliphatic heterocycles. The monoisotopic (exact) mass is 279 g/mol. The quantitative estimate of drug-likeness (QED) is 0.492. The van der Waals surface area contributed by atoms with Gasteiger partial charge in [-0.3, -0.25) is 15.0 Å². The molecule has 1 fully saturated rings. The molecule has 2 amide bonds. The predicted octanol–water partition coefficient (Wildman–Crippen LogP) is 1.20. The number of nitrogens with two attached hydrogens (primary N) is 1. The van der Waals surface area contributed by atoms with Crippen LogP contribution in [0.5, 0.6) is 0 Å². The van der Waals surface area contributed by atoms with Crippen LogP contribution in [0.2, 0.25) is 0 Å². The highest BCUT2D eigenvalue weighted by Gasteiger charge is 2.32. The van der Waals surface area contributed by atoms with E-state index in [1.807, 2.05) is 10.3 Å². The van der Waals surface area contributed by atoms with Crippen molar-refractivity contribution in [2.45, 2.75) is 33.7 Å². The van der Waals surface area contributed by atoms with Crippen LogP contribution in [-0.2, 0) is 11.3 Å². The van der Waals surface area contributed by atoms with Gasteiger partial charge >= 0.3 is 5.91 Å². The van der Waals surface area contributed by atoms with Crippen molar-refractivity contribution in [1.82, 2.24) is 10.3 Å². The molecule has 6 heteroatoms. The molecular formula is C14H21N3O3. The second-order valence-corrected chi connectivity index (χ2v) is 5.65. The number of nitrogens with one attached hydrogen (secondary N) is 1. The Morgan fingerprint density at radius 1 is 1.60 bits per heavy atom. The first kappa shape index (κ1) is 14.6. The smallest absolute Gasteiger partial charge is 0.300 e. The van der Waals surface area contributed by atoms with Gasteiger partial charge in [0, 0.05) is 25.1 Å². The Morgan fingerprint density at radius 3 is 2.85 bits per heavy atom. The molecule has 0 aromatic carbocycles. The first-order valence-electron chi connectivity index (χ1n) is 6.80. The predicted molar refractivity (Wildman–Crippen MR) is 73.5 cm³/mol. The summed E-state index contributed by atoms with van der Waals surface area (Å²) < 4.78 is 5.36. The van der Waals surface area contributed by atoms with Gasteiger partial charge in [-0.15, -0.1) is 0 Å². The minimum Gasteiger partial charge on any atom is -0.456 e. The number of hydrazine groups is 1. The van der Waals surface area contributed by atoms with Crippen molar-refractivity contribution < 1.29 is 14.0 Å². The lowest BCUT2D eigenvalue weighted by Gasteiger charge is -2.17. The molecule has 1 aromatic rings. The van der Waals surface area contributed by atoms with Crippen molar-refractivity contribution in [2.75, 3.05) is 6.54 Å². The van der Waals surface area contributed by atoms with E-state index < -0.39 is 5.91 Å². The Hall–Kier alpha value is -1.82. The maximum absolute atomic E-state index is 12.0. The molecule has 6 nitrogen and oxygen atoms in total. The molecule has 0 aliphatic carbocycles. The topological polar surface area (TPSA) is 88.6 Å². The molecule has 1 unspecified atom stereocenters. The molecule has 0 spiro atoms. The summed E-state index contributed by atoms with van der Waals surface area (Å²) in [7, 11) is 0. The molecule has 20 heavy (non-hydrogen) atoms. The van der Waals surface area contributed by atoms with Crippen LogP contribution >= 0.6 is 0 Å². The fraction of sp³-hybridized carbons (Fsp3) is 0.571. The van der Waals surface area contributed by atoms with Gasteiger partial charge in [0.05, 0.1) is 0 Å². The Morgan fingerprint density at radius 2 is 2.30 bits per heavy atom. The van der Waals surface area contributed by atoms with E-state index in [0.29, 0.717) is 30.6 Å². The van der Waals surface area contributed by atoms with Crippen LogP contribution < -0.4 is 11.3 Å². The van der Waals surface area contributed by atoms with Gasteiger partial charge in [-0.05, 0) is 24.8 Å². The minimum absolute atomic E-state index is 0.161. The third kappa shape index (κ3) is 2.85. The number of hydrogen-bond donors (Lipinski definition) is 2. The van der Waals surface area contributed by atoms with Crippen LogP contribution in [0.3, 0.4) is 0 Å². The van der Waals surface area contributed by atoms with Crippen molar-refractivity contribution >= 4 is 11.8 Å². The van der Waals surface area contributed by atoms with E-state index in [4.69, 9.17) is 10.3 Å². The molecule has 0 saturated carbocycles. The summed E-state index contributed by atoms with van der Waals surface area (Å²) in [4.78, 5) is 25.2. The number of hydrogen-bond acceptors (Lipinski definition) is 4. The summed E-state index contributed by atoms with van der Waals surface area (Å²) in [6.07, 6.45) is 0.602. The average molecular weight is 279 g/mol. The maximum Gasteiger partial charge on any atom is 0.300 e. The second-order valence-electron chi connectivity index (χ2n) is 5.65. The van der Waals surface area contributed by atoms with Crippen LogP contribution in [0.15, 0.2) is 10.5 Å². The molecule has 2 heterocycles. The lowest BCUT2D eigenvalue weighted by molar-refractivity contribution is -0.128. The van der Waals surface area contributed by atoms with Crippen molar-refractivity contribution in [2.24, 2.45) is 17.7 Å². The fourth-order valence-electron chi connectivity index (χ4n) is 2.47. The van der Waals surface area contributed by atoms with Gasteiger partial charge in [-0.1, -0.05) is 13.8 Å². The zero-order chi connectivity index (χ0) is 14.9. The number of aryl methyl sites for hydroxylation is 1. The number of furan rings is 1. The Labute approximate surface area is 118 Å². The number of nitrogens with zero attached hydrogens (tertiary/aromatic N) is 1.